The van der Waals surface area contributed by atoms with Crippen molar-refractivity contribution in [2.45, 2.75) is 6.04 Å². The zero-order valence-corrected chi connectivity index (χ0v) is 14.4. The lowest BCUT2D eigenvalue weighted by atomic mass is 10.0. The van der Waals surface area contributed by atoms with Crippen LogP contribution in [0.5, 0.6) is 0 Å². The summed E-state index contributed by atoms with van der Waals surface area (Å²) in [4.78, 5) is 13.2. The maximum atomic E-state index is 11.7. The number of likely N-dealkylation sites (N-methyl/N-ethyl adjacent to an activating group) is 1. The van der Waals surface area contributed by atoms with Crippen LogP contribution >= 0.6 is 46.4 Å². The predicted octanol–water partition coefficient (Wildman–Crippen LogP) is 5.56. The molecule has 2 aromatic rings. The van der Waals surface area contributed by atoms with Crippen LogP contribution in [0.2, 0.25) is 20.1 Å². The summed E-state index contributed by atoms with van der Waals surface area (Å²) in [6.45, 7) is 0. The molecule has 0 heterocycles. The molecule has 0 radical (unpaired) electrons. The first-order valence-electron chi connectivity index (χ1n) is 6.17. The first kappa shape index (κ1) is 17.2. The van der Waals surface area contributed by atoms with Crippen LogP contribution in [-0.2, 0) is 4.79 Å². The van der Waals surface area contributed by atoms with Crippen molar-refractivity contribution in [2.24, 2.45) is 0 Å². The maximum Gasteiger partial charge on any atom is 0.331 e. The second kappa shape index (κ2) is 6.97. The summed E-state index contributed by atoms with van der Waals surface area (Å²) >= 11 is 24.2. The highest BCUT2D eigenvalue weighted by molar-refractivity contribution is 6.44. The zero-order valence-electron chi connectivity index (χ0n) is 11.4. The van der Waals surface area contributed by atoms with Crippen molar-refractivity contribution in [3.63, 3.8) is 0 Å². The van der Waals surface area contributed by atoms with Crippen molar-refractivity contribution in [1.29, 1.82) is 0 Å². The van der Waals surface area contributed by atoms with E-state index in [-0.39, 0.29) is 5.02 Å². The Balaban J connectivity index is 2.53. The van der Waals surface area contributed by atoms with Gasteiger partial charge in [0, 0.05) is 17.6 Å². The van der Waals surface area contributed by atoms with Gasteiger partial charge in [-0.25, -0.2) is 4.79 Å². The van der Waals surface area contributed by atoms with Gasteiger partial charge in [-0.1, -0.05) is 64.6 Å². The molecule has 0 fully saturated rings. The van der Waals surface area contributed by atoms with Crippen molar-refractivity contribution in [3.8, 4) is 0 Å². The molecule has 0 bridgehead atoms. The largest absolute Gasteiger partial charge is 0.479 e. The topological polar surface area (TPSA) is 40.5 Å². The SMILES string of the molecule is CN(c1cc(Cl)c(Cl)cc1Cl)C(C(=O)O)c1ccccc1Cl. The van der Waals surface area contributed by atoms with Crippen LogP contribution in [0.25, 0.3) is 0 Å². The van der Waals surface area contributed by atoms with Crippen LogP contribution in [0.3, 0.4) is 0 Å². The molecule has 1 atom stereocenters. The predicted molar refractivity (Wildman–Crippen MR) is 91.7 cm³/mol. The molecular formula is C15H11Cl4NO2. The molecule has 0 saturated heterocycles. The molecule has 3 nitrogen and oxygen atoms in total. The minimum absolute atomic E-state index is 0.288. The standard InChI is InChI=1S/C15H11Cl4NO2/c1-20(13-7-11(18)10(17)6-12(13)19)14(15(21)22)8-4-2-3-5-9(8)16/h2-7,14H,1H3,(H,21,22). The summed E-state index contributed by atoms with van der Waals surface area (Å²) in [7, 11) is 1.60. The zero-order chi connectivity index (χ0) is 16.4. The van der Waals surface area contributed by atoms with E-state index >= 15 is 0 Å². The molecule has 1 N–H and O–H groups in total. The minimum Gasteiger partial charge on any atom is -0.479 e. The highest BCUT2D eigenvalue weighted by Gasteiger charge is 2.28. The van der Waals surface area contributed by atoms with Gasteiger partial charge in [-0.3, -0.25) is 0 Å². The van der Waals surface area contributed by atoms with Crippen molar-refractivity contribution >= 4 is 58.1 Å². The minimum atomic E-state index is -1.06. The molecule has 0 aliphatic rings. The smallest absolute Gasteiger partial charge is 0.331 e. The van der Waals surface area contributed by atoms with E-state index in [2.05, 4.69) is 0 Å². The fourth-order valence-corrected chi connectivity index (χ4v) is 3.04. The molecular weight excluding hydrogens is 368 g/mol. The van der Waals surface area contributed by atoms with Gasteiger partial charge in [0.2, 0.25) is 0 Å². The molecule has 7 heteroatoms. The summed E-state index contributed by atoms with van der Waals surface area (Å²) in [6.07, 6.45) is 0. The molecule has 0 aromatic heterocycles. The molecule has 0 aliphatic heterocycles. The second-order valence-electron chi connectivity index (χ2n) is 4.59. The van der Waals surface area contributed by atoms with Crippen molar-refractivity contribution in [3.05, 3.63) is 62.1 Å². The first-order valence-corrected chi connectivity index (χ1v) is 7.68. The Morgan fingerprint density at radius 1 is 1.00 bits per heavy atom. The summed E-state index contributed by atoms with van der Waals surface area (Å²) < 4.78 is 0. The van der Waals surface area contributed by atoms with Crippen LogP contribution in [0.4, 0.5) is 5.69 Å². The van der Waals surface area contributed by atoms with E-state index in [1.807, 2.05) is 0 Å². The fraction of sp³-hybridized carbons (Fsp3) is 0.133. The van der Waals surface area contributed by atoms with Crippen molar-refractivity contribution in [2.75, 3.05) is 11.9 Å². The van der Waals surface area contributed by atoms with Crippen LogP contribution in [0.1, 0.15) is 11.6 Å². The molecule has 116 valence electrons. The Hall–Kier alpha value is -1.13. The lowest BCUT2D eigenvalue weighted by Gasteiger charge is -2.28. The Morgan fingerprint density at radius 3 is 2.18 bits per heavy atom. The molecule has 0 saturated carbocycles. The van der Waals surface area contributed by atoms with Gasteiger partial charge in [0.05, 0.1) is 20.8 Å². The average Bonchev–Trinajstić information content (AvgIpc) is 2.44. The quantitative estimate of drug-likeness (QED) is 0.707. The lowest BCUT2D eigenvalue weighted by molar-refractivity contribution is -0.138. The number of aliphatic carboxylic acids is 1. The Kier molecular flexibility index (Phi) is 5.45. The molecule has 2 rings (SSSR count). The van der Waals surface area contributed by atoms with Gasteiger partial charge in [0.25, 0.3) is 0 Å². The number of halogens is 4. The monoisotopic (exact) mass is 377 g/mol. The van der Waals surface area contributed by atoms with E-state index < -0.39 is 12.0 Å². The summed E-state index contributed by atoms with van der Waals surface area (Å²) in [5.41, 5.74) is 0.907. The van der Waals surface area contributed by atoms with Crippen LogP contribution < -0.4 is 4.90 Å². The number of carbonyl (C=O) groups is 1. The highest BCUT2D eigenvalue weighted by Crippen LogP contribution is 2.38. The molecule has 0 amide bonds. The van der Waals surface area contributed by atoms with Crippen LogP contribution in [-0.4, -0.2) is 18.1 Å². The van der Waals surface area contributed by atoms with E-state index in [1.54, 1.807) is 31.3 Å². The first-order chi connectivity index (χ1) is 10.3. The Morgan fingerprint density at radius 2 is 1.59 bits per heavy atom. The number of hydrogen-bond donors (Lipinski definition) is 1. The van der Waals surface area contributed by atoms with Crippen LogP contribution in [0.15, 0.2) is 36.4 Å². The molecule has 22 heavy (non-hydrogen) atoms. The lowest BCUT2D eigenvalue weighted by Crippen LogP contribution is -2.31. The third-order valence-electron chi connectivity index (χ3n) is 3.19. The number of anilines is 1. The molecule has 0 spiro atoms. The van der Waals surface area contributed by atoms with Gasteiger partial charge < -0.3 is 10.0 Å². The van der Waals surface area contributed by atoms with E-state index in [1.165, 1.54) is 17.0 Å². The highest BCUT2D eigenvalue weighted by atomic mass is 35.5. The van der Waals surface area contributed by atoms with Gasteiger partial charge in [-0.05, 0) is 18.2 Å². The molecule has 0 aliphatic carbocycles. The van der Waals surface area contributed by atoms with Gasteiger partial charge in [-0.2, -0.15) is 0 Å². The Bertz CT molecular complexity index is 721. The average molecular weight is 379 g/mol. The third-order valence-corrected chi connectivity index (χ3v) is 4.56. The number of carboxylic acid groups (broad SMARTS) is 1. The molecule has 1 unspecified atom stereocenters. The summed E-state index contributed by atoms with van der Waals surface area (Å²) in [5.74, 6) is -1.06. The number of rotatable bonds is 4. The van der Waals surface area contributed by atoms with Gasteiger partial charge >= 0.3 is 5.97 Å². The summed E-state index contributed by atoms with van der Waals surface area (Å²) in [5, 5.41) is 10.8. The van der Waals surface area contributed by atoms with Crippen LogP contribution in [0, 0.1) is 0 Å². The fourth-order valence-electron chi connectivity index (χ4n) is 2.13. The van der Waals surface area contributed by atoms with E-state index in [9.17, 15) is 9.90 Å². The van der Waals surface area contributed by atoms with E-state index in [0.717, 1.165) is 0 Å². The number of benzene rings is 2. The van der Waals surface area contributed by atoms with Gasteiger partial charge in [0.15, 0.2) is 6.04 Å². The second-order valence-corrected chi connectivity index (χ2v) is 6.22. The van der Waals surface area contributed by atoms with Gasteiger partial charge in [-0.15, -0.1) is 0 Å². The van der Waals surface area contributed by atoms with E-state index in [0.29, 0.717) is 26.3 Å². The van der Waals surface area contributed by atoms with Crippen molar-refractivity contribution in [1.82, 2.24) is 0 Å². The Labute approximate surface area is 148 Å². The van der Waals surface area contributed by atoms with Crippen molar-refractivity contribution < 1.29 is 9.90 Å². The summed E-state index contributed by atoms with van der Waals surface area (Å²) in [6, 6.07) is 8.74. The normalized spacial score (nSPS) is 12.0. The van der Waals surface area contributed by atoms with E-state index in [4.69, 9.17) is 46.4 Å². The van der Waals surface area contributed by atoms with Gasteiger partial charge in [0.1, 0.15) is 0 Å². The third kappa shape index (κ3) is 3.44. The molecule has 2 aromatic carbocycles. The maximum absolute atomic E-state index is 11.7. The number of carboxylic acids is 1. The number of hydrogen-bond acceptors (Lipinski definition) is 2. The number of nitrogens with zero attached hydrogens (tertiary/aromatic N) is 1.